The first kappa shape index (κ1) is 16.9. The first-order valence-corrected chi connectivity index (χ1v) is 7.27. The third kappa shape index (κ3) is 4.45. The van der Waals surface area contributed by atoms with Crippen LogP contribution in [0, 0.1) is 5.41 Å². The molecule has 1 fully saturated rings. The van der Waals surface area contributed by atoms with E-state index in [1.54, 1.807) is 14.2 Å². The van der Waals surface area contributed by atoms with E-state index in [0.29, 0.717) is 13.2 Å². The summed E-state index contributed by atoms with van der Waals surface area (Å²) in [5, 5.41) is 6.04. The molecule has 2 amide bonds. The fourth-order valence-electron chi connectivity index (χ4n) is 2.61. The molecule has 6 nitrogen and oxygen atoms in total. The van der Waals surface area contributed by atoms with Crippen molar-refractivity contribution in [2.45, 2.75) is 26.2 Å². The fourth-order valence-corrected chi connectivity index (χ4v) is 2.61. The predicted molar refractivity (Wildman–Crippen MR) is 77.4 cm³/mol. The summed E-state index contributed by atoms with van der Waals surface area (Å²) < 4.78 is 5.25. The van der Waals surface area contributed by atoms with Crippen molar-refractivity contribution in [3.05, 3.63) is 0 Å². The molecule has 6 heteroatoms. The lowest BCUT2D eigenvalue weighted by molar-refractivity contribution is -0.148. The summed E-state index contributed by atoms with van der Waals surface area (Å²) in [6.45, 7) is 4.79. The lowest BCUT2D eigenvalue weighted by Crippen LogP contribution is -2.52. The maximum atomic E-state index is 12.7. The Balaban J connectivity index is 2.61. The number of hydrogen-bond donors (Lipinski definition) is 2. The normalized spacial score (nSPS) is 17.6. The van der Waals surface area contributed by atoms with Crippen LogP contribution in [0.4, 0.5) is 0 Å². The molecule has 0 unspecified atom stereocenters. The van der Waals surface area contributed by atoms with Gasteiger partial charge in [-0.3, -0.25) is 9.59 Å². The van der Waals surface area contributed by atoms with Gasteiger partial charge in [0.1, 0.15) is 0 Å². The van der Waals surface area contributed by atoms with Crippen molar-refractivity contribution < 1.29 is 14.3 Å². The van der Waals surface area contributed by atoms with E-state index in [2.05, 4.69) is 10.6 Å². The molecule has 0 saturated carbocycles. The number of nitrogens with zero attached hydrogens (tertiary/aromatic N) is 1. The van der Waals surface area contributed by atoms with Gasteiger partial charge < -0.3 is 20.3 Å². The third-order valence-corrected chi connectivity index (χ3v) is 3.73. The Hall–Kier alpha value is -1.14. The van der Waals surface area contributed by atoms with E-state index in [0.717, 1.165) is 32.4 Å². The van der Waals surface area contributed by atoms with Gasteiger partial charge in [-0.05, 0) is 32.4 Å². The Kier molecular flexibility index (Phi) is 6.95. The van der Waals surface area contributed by atoms with Gasteiger partial charge in [0.05, 0.1) is 18.6 Å². The van der Waals surface area contributed by atoms with Crippen molar-refractivity contribution in [2.75, 3.05) is 46.9 Å². The van der Waals surface area contributed by atoms with Crippen LogP contribution in [0.15, 0.2) is 0 Å². The minimum atomic E-state index is -0.486. The van der Waals surface area contributed by atoms with Crippen molar-refractivity contribution in [1.82, 2.24) is 15.5 Å². The van der Waals surface area contributed by atoms with Gasteiger partial charge in [0.15, 0.2) is 0 Å². The average molecular weight is 285 g/mol. The van der Waals surface area contributed by atoms with Gasteiger partial charge in [0.25, 0.3) is 0 Å². The largest absolute Gasteiger partial charge is 0.384 e. The Labute approximate surface area is 121 Å². The van der Waals surface area contributed by atoms with Crippen LogP contribution in [0.5, 0.6) is 0 Å². The van der Waals surface area contributed by atoms with E-state index in [4.69, 9.17) is 4.74 Å². The fraction of sp³-hybridized carbons (Fsp3) is 0.857. The van der Waals surface area contributed by atoms with Crippen molar-refractivity contribution in [1.29, 1.82) is 0 Å². The number of ether oxygens (including phenoxy) is 1. The minimum Gasteiger partial charge on any atom is -0.384 e. The van der Waals surface area contributed by atoms with Gasteiger partial charge in [0.2, 0.25) is 11.8 Å². The Bertz CT molecular complexity index is 322. The molecule has 0 bridgehead atoms. The number of piperidine rings is 1. The molecule has 0 atom stereocenters. The number of methoxy groups -OCH3 is 1. The third-order valence-electron chi connectivity index (χ3n) is 3.73. The number of rotatable bonds is 7. The van der Waals surface area contributed by atoms with Crippen LogP contribution in [0.2, 0.25) is 0 Å². The second kappa shape index (κ2) is 8.21. The van der Waals surface area contributed by atoms with Crippen molar-refractivity contribution in [2.24, 2.45) is 5.41 Å². The molecule has 0 aromatic carbocycles. The quantitative estimate of drug-likeness (QED) is 0.690. The number of hydrogen-bond acceptors (Lipinski definition) is 4. The van der Waals surface area contributed by atoms with Gasteiger partial charge >= 0.3 is 0 Å². The zero-order chi connectivity index (χ0) is 15.0. The van der Waals surface area contributed by atoms with Crippen LogP contribution in [0.3, 0.4) is 0 Å². The standard InChI is InChI=1S/C14H27N3O3/c1-4-7-16-12(18)10-17(2)13(19)14(11-20-3)5-8-15-9-6-14/h15H,4-11H2,1-3H3,(H,16,18). The zero-order valence-electron chi connectivity index (χ0n) is 12.8. The topological polar surface area (TPSA) is 70.7 Å². The number of carbonyl (C=O) groups is 2. The average Bonchev–Trinajstić information content (AvgIpc) is 2.45. The zero-order valence-corrected chi connectivity index (χ0v) is 12.8. The van der Waals surface area contributed by atoms with Crippen molar-refractivity contribution in [3.8, 4) is 0 Å². The highest BCUT2D eigenvalue weighted by molar-refractivity contribution is 5.88. The van der Waals surface area contributed by atoms with E-state index >= 15 is 0 Å². The highest BCUT2D eigenvalue weighted by atomic mass is 16.5. The molecular weight excluding hydrogens is 258 g/mol. The van der Waals surface area contributed by atoms with Crippen LogP contribution >= 0.6 is 0 Å². The second-order valence-electron chi connectivity index (χ2n) is 5.47. The molecule has 116 valence electrons. The molecule has 0 aromatic heterocycles. The molecule has 1 heterocycles. The van der Waals surface area contributed by atoms with Crippen molar-refractivity contribution in [3.63, 3.8) is 0 Å². The number of nitrogens with one attached hydrogen (secondary N) is 2. The maximum absolute atomic E-state index is 12.7. The number of carbonyl (C=O) groups excluding carboxylic acids is 2. The first-order valence-electron chi connectivity index (χ1n) is 7.27. The Morgan fingerprint density at radius 2 is 2.00 bits per heavy atom. The molecule has 0 aromatic rings. The van der Waals surface area contributed by atoms with Crippen LogP contribution in [-0.2, 0) is 14.3 Å². The van der Waals surface area contributed by atoms with Crippen LogP contribution in [-0.4, -0.2) is 63.7 Å². The summed E-state index contributed by atoms with van der Waals surface area (Å²) in [4.78, 5) is 25.9. The summed E-state index contributed by atoms with van der Waals surface area (Å²) in [6.07, 6.45) is 2.39. The van der Waals surface area contributed by atoms with Gasteiger partial charge in [-0.25, -0.2) is 0 Å². The van der Waals surface area contributed by atoms with Crippen LogP contribution in [0.25, 0.3) is 0 Å². The van der Waals surface area contributed by atoms with Gasteiger partial charge in [-0.15, -0.1) is 0 Å². The number of amides is 2. The maximum Gasteiger partial charge on any atom is 0.239 e. The molecule has 1 aliphatic heterocycles. The molecular formula is C14H27N3O3. The van der Waals surface area contributed by atoms with E-state index in [1.165, 1.54) is 4.90 Å². The Morgan fingerprint density at radius 1 is 1.35 bits per heavy atom. The molecule has 1 aliphatic rings. The molecule has 0 spiro atoms. The molecule has 2 N–H and O–H groups in total. The van der Waals surface area contributed by atoms with Crippen LogP contribution < -0.4 is 10.6 Å². The van der Waals surface area contributed by atoms with Gasteiger partial charge in [-0.1, -0.05) is 6.92 Å². The second-order valence-corrected chi connectivity index (χ2v) is 5.47. The Morgan fingerprint density at radius 3 is 2.55 bits per heavy atom. The SMILES string of the molecule is CCCNC(=O)CN(C)C(=O)C1(COC)CCNCC1. The summed E-state index contributed by atoms with van der Waals surface area (Å²) in [5.41, 5.74) is -0.486. The minimum absolute atomic E-state index is 0.00694. The van der Waals surface area contributed by atoms with E-state index in [-0.39, 0.29) is 18.4 Å². The molecule has 1 saturated heterocycles. The van der Waals surface area contributed by atoms with E-state index < -0.39 is 5.41 Å². The van der Waals surface area contributed by atoms with E-state index in [9.17, 15) is 9.59 Å². The van der Waals surface area contributed by atoms with Gasteiger partial charge in [-0.2, -0.15) is 0 Å². The summed E-state index contributed by atoms with van der Waals surface area (Å²) in [7, 11) is 3.30. The smallest absolute Gasteiger partial charge is 0.239 e. The van der Waals surface area contributed by atoms with E-state index in [1.807, 2.05) is 6.92 Å². The molecule has 1 rings (SSSR count). The lowest BCUT2D eigenvalue weighted by Gasteiger charge is -2.38. The highest BCUT2D eigenvalue weighted by Gasteiger charge is 2.41. The van der Waals surface area contributed by atoms with Crippen LogP contribution in [0.1, 0.15) is 26.2 Å². The molecule has 0 radical (unpaired) electrons. The first-order chi connectivity index (χ1) is 9.55. The molecule has 20 heavy (non-hydrogen) atoms. The van der Waals surface area contributed by atoms with Gasteiger partial charge in [0, 0.05) is 20.7 Å². The van der Waals surface area contributed by atoms with Crippen molar-refractivity contribution >= 4 is 11.8 Å². The summed E-state index contributed by atoms with van der Waals surface area (Å²) in [5.74, 6) is -0.100. The summed E-state index contributed by atoms with van der Waals surface area (Å²) >= 11 is 0. The monoisotopic (exact) mass is 285 g/mol. The highest BCUT2D eigenvalue weighted by Crippen LogP contribution is 2.31. The predicted octanol–water partition coefficient (Wildman–Crippen LogP) is -0.0128. The summed E-state index contributed by atoms with van der Waals surface area (Å²) in [6, 6.07) is 0. The number of likely N-dealkylation sites (N-methyl/N-ethyl adjacent to an activating group) is 1. The lowest BCUT2D eigenvalue weighted by atomic mass is 9.78. The molecule has 0 aliphatic carbocycles.